The van der Waals surface area contributed by atoms with Crippen LogP contribution in [0.25, 0.3) is 0 Å². The molecule has 0 saturated carbocycles. The molecule has 2 rings (SSSR count). The van der Waals surface area contributed by atoms with Crippen molar-refractivity contribution in [1.82, 2.24) is 5.32 Å². The molecule has 0 radical (unpaired) electrons. The van der Waals surface area contributed by atoms with Crippen molar-refractivity contribution in [3.8, 4) is 18.4 Å². The number of rotatable bonds is 8. The maximum Gasteiger partial charge on any atom is 0.220 e. The summed E-state index contributed by atoms with van der Waals surface area (Å²) >= 11 is 0. The monoisotopic (exact) mass is 294 g/mol. The van der Waals surface area contributed by atoms with Gasteiger partial charge in [0.1, 0.15) is 0 Å². The highest BCUT2D eigenvalue weighted by Gasteiger charge is 2.38. The number of terminal acetylenes is 1. The van der Waals surface area contributed by atoms with E-state index in [4.69, 9.17) is 11.7 Å². The number of aryl methyl sites for hydroxylation is 1. The SMILES string of the molecule is C#CCCC1(CCNC(=O)CCc2ccc(C#N)cc2)N=N1. The average Bonchev–Trinajstić information content (AvgIpc) is 3.31. The number of hydrogen-bond donors (Lipinski definition) is 1. The van der Waals surface area contributed by atoms with E-state index in [0.29, 0.717) is 37.8 Å². The number of carbonyl (C=O) groups is 1. The van der Waals surface area contributed by atoms with Crippen LogP contribution < -0.4 is 5.32 Å². The van der Waals surface area contributed by atoms with E-state index in [0.717, 1.165) is 12.0 Å². The van der Waals surface area contributed by atoms with E-state index >= 15 is 0 Å². The first kappa shape index (κ1) is 15.7. The van der Waals surface area contributed by atoms with Crippen LogP contribution >= 0.6 is 0 Å². The van der Waals surface area contributed by atoms with E-state index in [9.17, 15) is 4.79 Å². The fourth-order valence-corrected chi connectivity index (χ4v) is 2.16. The zero-order chi connectivity index (χ0) is 15.8. The summed E-state index contributed by atoms with van der Waals surface area (Å²) in [6, 6.07) is 9.35. The van der Waals surface area contributed by atoms with Gasteiger partial charge in [0.2, 0.25) is 5.91 Å². The van der Waals surface area contributed by atoms with Crippen molar-refractivity contribution in [3.63, 3.8) is 0 Å². The van der Waals surface area contributed by atoms with Gasteiger partial charge in [-0.1, -0.05) is 12.1 Å². The van der Waals surface area contributed by atoms with Crippen LogP contribution in [0, 0.1) is 23.7 Å². The molecular formula is C17H18N4O. The highest BCUT2D eigenvalue weighted by atomic mass is 16.1. The fraction of sp³-hybridized carbons (Fsp3) is 0.412. The zero-order valence-electron chi connectivity index (χ0n) is 12.4. The Kier molecular flexibility index (Phi) is 5.27. The van der Waals surface area contributed by atoms with Gasteiger partial charge in [-0.3, -0.25) is 4.79 Å². The Balaban J connectivity index is 1.64. The molecule has 1 amide bonds. The van der Waals surface area contributed by atoms with Gasteiger partial charge in [-0.15, -0.1) is 12.3 Å². The van der Waals surface area contributed by atoms with Crippen molar-refractivity contribution in [3.05, 3.63) is 35.4 Å². The molecule has 5 heteroatoms. The average molecular weight is 294 g/mol. The van der Waals surface area contributed by atoms with Crippen molar-refractivity contribution in [2.45, 2.75) is 37.8 Å². The van der Waals surface area contributed by atoms with Gasteiger partial charge in [-0.05, 0) is 24.1 Å². The molecule has 0 saturated heterocycles. The summed E-state index contributed by atoms with van der Waals surface area (Å²) < 4.78 is 0. The summed E-state index contributed by atoms with van der Waals surface area (Å²) in [4.78, 5) is 11.8. The lowest BCUT2D eigenvalue weighted by molar-refractivity contribution is -0.121. The molecule has 0 spiro atoms. The summed E-state index contributed by atoms with van der Waals surface area (Å²) in [6.45, 7) is 0.559. The van der Waals surface area contributed by atoms with Gasteiger partial charge >= 0.3 is 0 Å². The highest BCUT2D eigenvalue weighted by Crippen LogP contribution is 2.35. The van der Waals surface area contributed by atoms with E-state index in [2.05, 4.69) is 27.5 Å². The first-order valence-corrected chi connectivity index (χ1v) is 7.31. The molecular weight excluding hydrogens is 276 g/mol. The van der Waals surface area contributed by atoms with Crippen LogP contribution in [0.1, 0.15) is 36.8 Å². The smallest absolute Gasteiger partial charge is 0.220 e. The number of hydrogen-bond acceptors (Lipinski definition) is 4. The molecule has 0 aliphatic carbocycles. The Bertz CT molecular complexity index is 628. The normalized spacial score (nSPS) is 13.9. The predicted octanol–water partition coefficient (Wildman–Crippen LogP) is 2.57. The molecule has 0 atom stereocenters. The van der Waals surface area contributed by atoms with Gasteiger partial charge < -0.3 is 5.32 Å². The summed E-state index contributed by atoms with van der Waals surface area (Å²) in [5.41, 5.74) is 1.33. The van der Waals surface area contributed by atoms with Gasteiger partial charge in [0.15, 0.2) is 5.66 Å². The molecule has 1 aliphatic rings. The molecule has 1 aliphatic heterocycles. The van der Waals surface area contributed by atoms with Crippen molar-refractivity contribution in [1.29, 1.82) is 5.26 Å². The predicted molar refractivity (Wildman–Crippen MR) is 82.8 cm³/mol. The van der Waals surface area contributed by atoms with E-state index in [1.54, 1.807) is 12.1 Å². The summed E-state index contributed by atoms with van der Waals surface area (Å²) in [6.07, 6.45) is 8.43. The van der Waals surface area contributed by atoms with Crippen LogP contribution in [0.4, 0.5) is 0 Å². The molecule has 0 bridgehead atoms. The van der Waals surface area contributed by atoms with Crippen molar-refractivity contribution in [2.24, 2.45) is 10.2 Å². The molecule has 112 valence electrons. The minimum atomic E-state index is -0.341. The Morgan fingerprint density at radius 2 is 2.00 bits per heavy atom. The van der Waals surface area contributed by atoms with Crippen LogP contribution in [-0.4, -0.2) is 18.1 Å². The Hall–Kier alpha value is -2.66. The van der Waals surface area contributed by atoms with E-state index in [1.807, 2.05) is 12.1 Å². The van der Waals surface area contributed by atoms with Crippen molar-refractivity contribution < 1.29 is 4.79 Å². The van der Waals surface area contributed by atoms with Crippen LogP contribution in [0.2, 0.25) is 0 Å². The second kappa shape index (κ2) is 7.38. The molecule has 1 heterocycles. The first-order valence-electron chi connectivity index (χ1n) is 7.31. The molecule has 1 N–H and O–H groups in total. The van der Waals surface area contributed by atoms with Gasteiger partial charge in [0.25, 0.3) is 0 Å². The van der Waals surface area contributed by atoms with Gasteiger partial charge in [0, 0.05) is 32.2 Å². The third-order valence-corrected chi connectivity index (χ3v) is 3.62. The lowest BCUT2D eigenvalue weighted by Crippen LogP contribution is -2.28. The van der Waals surface area contributed by atoms with E-state index < -0.39 is 0 Å². The van der Waals surface area contributed by atoms with E-state index in [-0.39, 0.29) is 11.6 Å². The highest BCUT2D eigenvalue weighted by molar-refractivity contribution is 5.76. The lowest BCUT2D eigenvalue weighted by atomic mass is 10.0. The van der Waals surface area contributed by atoms with Crippen LogP contribution in [0.3, 0.4) is 0 Å². The molecule has 5 nitrogen and oxygen atoms in total. The molecule has 1 aromatic rings. The summed E-state index contributed by atoms with van der Waals surface area (Å²) in [7, 11) is 0. The number of amides is 1. The van der Waals surface area contributed by atoms with Crippen LogP contribution in [-0.2, 0) is 11.2 Å². The Morgan fingerprint density at radius 3 is 2.59 bits per heavy atom. The maximum atomic E-state index is 11.8. The summed E-state index contributed by atoms with van der Waals surface area (Å²) in [5, 5.41) is 19.7. The first-order chi connectivity index (χ1) is 10.7. The van der Waals surface area contributed by atoms with Gasteiger partial charge in [-0.25, -0.2) is 0 Å². The van der Waals surface area contributed by atoms with Gasteiger partial charge in [0.05, 0.1) is 11.6 Å². The number of nitriles is 1. The number of carbonyl (C=O) groups excluding carboxylic acids is 1. The standard InChI is InChI=1S/C17H18N4O/c1-2-3-10-17(20-21-17)11-12-19-16(22)9-8-14-4-6-15(13-18)7-5-14/h1,4-7H,3,8-12H2,(H,19,22). The minimum absolute atomic E-state index is 0.0112. The molecule has 22 heavy (non-hydrogen) atoms. The molecule has 0 aromatic heterocycles. The van der Waals surface area contributed by atoms with E-state index in [1.165, 1.54) is 0 Å². The zero-order valence-corrected chi connectivity index (χ0v) is 12.4. The Labute approximate surface area is 130 Å². The second-order valence-electron chi connectivity index (χ2n) is 5.30. The van der Waals surface area contributed by atoms with Crippen molar-refractivity contribution >= 4 is 5.91 Å². The third kappa shape index (κ3) is 4.71. The number of benzene rings is 1. The van der Waals surface area contributed by atoms with Crippen molar-refractivity contribution in [2.75, 3.05) is 6.54 Å². The molecule has 0 unspecified atom stereocenters. The number of nitrogens with one attached hydrogen (secondary N) is 1. The largest absolute Gasteiger partial charge is 0.356 e. The van der Waals surface area contributed by atoms with Crippen LogP contribution in [0.5, 0.6) is 0 Å². The topological polar surface area (TPSA) is 77.6 Å². The summed E-state index contributed by atoms with van der Waals surface area (Å²) in [5.74, 6) is 2.59. The van der Waals surface area contributed by atoms with Crippen LogP contribution in [0.15, 0.2) is 34.5 Å². The second-order valence-corrected chi connectivity index (χ2v) is 5.30. The maximum absolute atomic E-state index is 11.8. The quantitative estimate of drug-likeness (QED) is 0.748. The minimum Gasteiger partial charge on any atom is -0.356 e. The number of nitrogens with zero attached hydrogens (tertiary/aromatic N) is 3. The third-order valence-electron chi connectivity index (χ3n) is 3.62. The molecule has 1 aromatic carbocycles. The molecule has 0 fully saturated rings. The lowest BCUT2D eigenvalue weighted by Gasteiger charge is -2.10. The van der Waals surface area contributed by atoms with Gasteiger partial charge in [-0.2, -0.15) is 15.5 Å². The fourth-order valence-electron chi connectivity index (χ4n) is 2.16. The Morgan fingerprint density at radius 1 is 1.27 bits per heavy atom.